The maximum absolute atomic E-state index is 9.90. The summed E-state index contributed by atoms with van der Waals surface area (Å²) in [6, 6.07) is 17.7. The van der Waals surface area contributed by atoms with Crippen LogP contribution in [0.5, 0.6) is 5.75 Å². The highest BCUT2D eigenvalue weighted by Gasteiger charge is 2.03. The number of nitrogens with zero attached hydrogens (tertiary/aromatic N) is 1. The molecule has 2 aromatic carbocycles. The number of pyridine rings is 1. The van der Waals surface area contributed by atoms with Crippen LogP contribution in [0.15, 0.2) is 60.8 Å². The van der Waals surface area contributed by atoms with E-state index in [1.54, 1.807) is 6.07 Å². The normalized spacial score (nSPS) is 10.7. The zero-order valence-corrected chi connectivity index (χ0v) is 13.9. The molecule has 0 aliphatic carbocycles. The van der Waals surface area contributed by atoms with Crippen molar-refractivity contribution in [1.29, 1.82) is 0 Å². The molecule has 0 amide bonds. The van der Waals surface area contributed by atoms with Crippen LogP contribution in [0.2, 0.25) is 0 Å². The molecule has 3 rings (SSSR count). The van der Waals surface area contributed by atoms with E-state index >= 15 is 0 Å². The highest BCUT2D eigenvalue weighted by atomic mass is 127. The SMILES string of the molecule is C[n+]1ccccc1/C=C/c1ccc(O)c2ccccc12.[I-]. The molecule has 106 valence electrons. The molecular weight excluding hydrogens is 373 g/mol. The van der Waals surface area contributed by atoms with Gasteiger partial charge in [-0.05, 0) is 29.2 Å². The molecule has 0 unspecified atom stereocenters. The molecule has 0 spiro atoms. The predicted molar refractivity (Wildman–Crippen MR) is 82.2 cm³/mol. The van der Waals surface area contributed by atoms with Crippen molar-refractivity contribution < 1.29 is 33.7 Å². The Morgan fingerprint density at radius 2 is 1.57 bits per heavy atom. The van der Waals surface area contributed by atoms with Gasteiger partial charge in [-0.3, -0.25) is 0 Å². The number of rotatable bonds is 2. The highest BCUT2D eigenvalue weighted by Crippen LogP contribution is 2.28. The van der Waals surface area contributed by atoms with Gasteiger partial charge in [0.15, 0.2) is 6.20 Å². The molecule has 0 aliphatic heterocycles. The van der Waals surface area contributed by atoms with E-state index in [1.165, 1.54) is 0 Å². The van der Waals surface area contributed by atoms with Crippen LogP contribution in [-0.2, 0) is 7.05 Å². The molecule has 1 heterocycles. The van der Waals surface area contributed by atoms with Gasteiger partial charge in [-0.2, -0.15) is 0 Å². The van der Waals surface area contributed by atoms with Crippen LogP contribution in [0.25, 0.3) is 22.9 Å². The van der Waals surface area contributed by atoms with Crippen LogP contribution in [-0.4, -0.2) is 5.11 Å². The molecule has 1 aromatic heterocycles. The third kappa shape index (κ3) is 3.24. The number of aromatic nitrogens is 1. The molecule has 0 saturated heterocycles. The third-order valence-electron chi connectivity index (χ3n) is 3.46. The van der Waals surface area contributed by atoms with Gasteiger partial charge in [0.2, 0.25) is 5.69 Å². The second-order valence-corrected chi connectivity index (χ2v) is 4.79. The Labute approximate surface area is 141 Å². The summed E-state index contributed by atoms with van der Waals surface area (Å²) in [5.74, 6) is 0.322. The van der Waals surface area contributed by atoms with Crippen molar-refractivity contribution in [2.24, 2.45) is 7.05 Å². The lowest BCUT2D eigenvalue weighted by Crippen LogP contribution is -3.00. The number of aryl methyl sites for hydroxylation is 1. The lowest BCUT2D eigenvalue weighted by atomic mass is 10.0. The Kier molecular flexibility index (Phi) is 4.96. The smallest absolute Gasteiger partial charge is 0.204 e. The molecule has 0 bridgehead atoms. The van der Waals surface area contributed by atoms with Gasteiger partial charge in [0, 0.05) is 23.6 Å². The Morgan fingerprint density at radius 3 is 2.33 bits per heavy atom. The summed E-state index contributed by atoms with van der Waals surface area (Å²) in [4.78, 5) is 0. The Morgan fingerprint density at radius 1 is 0.857 bits per heavy atom. The van der Waals surface area contributed by atoms with Crippen LogP contribution < -0.4 is 28.5 Å². The average Bonchev–Trinajstić information content (AvgIpc) is 2.48. The second-order valence-electron chi connectivity index (χ2n) is 4.79. The van der Waals surface area contributed by atoms with Crippen LogP contribution in [0.1, 0.15) is 11.3 Å². The van der Waals surface area contributed by atoms with Gasteiger partial charge in [-0.1, -0.05) is 30.3 Å². The summed E-state index contributed by atoms with van der Waals surface area (Å²) in [6.07, 6.45) is 6.19. The Balaban J connectivity index is 0.00000161. The van der Waals surface area contributed by atoms with Crippen molar-refractivity contribution in [2.45, 2.75) is 0 Å². The van der Waals surface area contributed by atoms with Gasteiger partial charge >= 0.3 is 0 Å². The van der Waals surface area contributed by atoms with Gasteiger partial charge in [0.1, 0.15) is 12.8 Å². The fourth-order valence-corrected chi connectivity index (χ4v) is 2.34. The lowest BCUT2D eigenvalue weighted by molar-refractivity contribution is -0.673. The second kappa shape index (κ2) is 6.72. The lowest BCUT2D eigenvalue weighted by Gasteiger charge is -2.04. The number of hydrogen-bond donors (Lipinski definition) is 1. The Hall–Kier alpha value is -1.88. The largest absolute Gasteiger partial charge is 1.00 e. The standard InChI is InChI=1S/C18H15NO.HI/c1-19-13-5-4-6-15(19)11-9-14-10-12-18(20)17-8-3-2-7-16(14)17;/h2-13H,1H3;1H. The molecule has 1 N–H and O–H groups in total. The minimum Gasteiger partial charge on any atom is -1.00 e. The summed E-state index contributed by atoms with van der Waals surface area (Å²) in [5.41, 5.74) is 2.23. The van der Waals surface area contributed by atoms with E-state index in [1.807, 2.05) is 55.7 Å². The zero-order valence-electron chi connectivity index (χ0n) is 11.7. The van der Waals surface area contributed by atoms with E-state index in [9.17, 15) is 5.11 Å². The van der Waals surface area contributed by atoms with Crippen molar-refractivity contribution in [3.8, 4) is 5.75 Å². The van der Waals surface area contributed by atoms with Crippen molar-refractivity contribution in [3.05, 3.63) is 72.1 Å². The molecule has 0 saturated carbocycles. The van der Waals surface area contributed by atoms with Crippen molar-refractivity contribution >= 4 is 22.9 Å². The molecule has 0 atom stereocenters. The topological polar surface area (TPSA) is 24.1 Å². The maximum Gasteiger partial charge on any atom is 0.204 e. The number of phenolic OH excluding ortho intramolecular Hbond substituents is 1. The monoisotopic (exact) mass is 389 g/mol. The molecule has 0 radical (unpaired) electrons. The number of phenols is 1. The van der Waals surface area contributed by atoms with E-state index < -0.39 is 0 Å². The minimum absolute atomic E-state index is 0. The van der Waals surface area contributed by atoms with Gasteiger partial charge in [0.05, 0.1) is 0 Å². The number of aromatic hydroxyl groups is 1. The van der Waals surface area contributed by atoms with E-state index in [0.29, 0.717) is 5.75 Å². The first-order valence-electron chi connectivity index (χ1n) is 6.59. The summed E-state index contributed by atoms with van der Waals surface area (Å²) in [5, 5.41) is 11.8. The van der Waals surface area contributed by atoms with Crippen molar-refractivity contribution in [1.82, 2.24) is 0 Å². The summed E-state index contributed by atoms with van der Waals surface area (Å²) in [7, 11) is 2.02. The van der Waals surface area contributed by atoms with E-state index in [2.05, 4.69) is 22.8 Å². The predicted octanol–water partition coefficient (Wildman–Crippen LogP) is 0.544. The van der Waals surface area contributed by atoms with Gasteiger partial charge in [-0.25, -0.2) is 4.57 Å². The molecule has 3 aromatic rings. The summed E-state index contributed by atoms with van der Waals surface area (Å²) < 4.78 is 2.07. The summed E-state index contributed by atoms with van der Waals surface area (Å²) in [6.45, 7) is 0. The molecule has 3 heteroatoms. The minimum atomic E-state index is 0. The molecule has 0 fully saturated rings. The number of fused-ring (bicyclic) bond motifs is 1. The van der Waals surface area contributed by atoms with E-state index in [0.717, 1.165) is 22.0 Å². The first-order valence-corrected chi connectivity index (χ1v) is 6.59. The van der Waals surface area contributed by atoms with Crippen molar-refractivity contribution in [3.63, 3.8) is 0 Å². The fourth-order valence-electron chi connectivity index (χ4n) is 2.34. The van der Waals surface area contributed by atoms with Crippen LogP contribution in [0.4, 0.5) is 0 Å². The van der Waals surface area contributed by atoms with Crippen LogP contribution in [0.3, 0.4) is 0 Å². The van der Waals surface area contributed by atoms with Crippen LogP contribution >= 0.6 is 0 Å². The van der Waals surface area contributed by atoms with Crippen molar-refractivity contribution in [2.75, 3.05) is 0 Å². The molecular formula is C18H16INO. The number of benzene rings is 2. The maximum atomic E-state index is 9.90. The van der Waals surface area contributed by atoms with Crippen LogP contribution in [0, 0.1) is 0 Å². The van der Waals surface area contributed by atoms with Gasteiger partial charge in [0.25, 0.3) is 0 Å². The molecule has 0 aliphatic rings. The van der Waals surface area contributed by atoms with E-state index in [-0.39, 0.29) is 24.0 Å². The number of hydrogen-bond acceptors (Lipinski definition) is 1. The number of halogens is 1. The Bertz CT molecular complexity index is 796. The average molecular weight is 389 g/mol. The van der Waals surface area contributed by atoms with Gasteiger partial charge < -0.3 is 29.1 Å². The molecule has 2 nitrogen and oxygen atoms in total. The highest BCUT2D eigenvalue weighted by molar-refractivity contribution is 5.96. The quantitative estimate of drug-likeness (QED) is 0.503. The first-order chi connectivity index (χ1) is 9.75. The zero-order chi connectivity index (χ0) is 13.9. The fraction of sp³-hybridized carbons (Fsp3) is 0.0556. The van der Waals surface area contributed by atoms with E-state index in [4.69, 9.17) is 0 Å². The summed E-state index contributed by atoms with van der Waals surface area (Å²) >= 11 is 0. The third-order valence-corrected chi connectivity index (χ3v) is 3.46. The van der Waals surface area contributed by atoms with Gasteiger partial charge in [-0.15, -0.1) is 0 Å². The molecule has 21 heavy (non-hydrogen) atoms. The first kappa shape index (κ1) is 15.5.